The Balaban J connectivity index is 2.92. The Bertz CT molecular complexity index is 949. The van der Waals surface area contributed by atoms with E-state index in [0.29, 0.717) is 0 Å². The number of carbonyl (C=O) groups excluding carboxylic acids is 4. The summed E-state index contributed by atoms with van der Waals surface area (Å²) in [6.07, 6.45) is -0.0374. The summed E-state index contributed by atoms with van der Waals surface area (Å²) in [5, 5.41) is 26.4. The molecule has 0 saturated heterocycles. The molecule has 37 heavy (non-hydrogen) atoms. The molecule has 1 rings (SSSR count). The minimum atomic E-state index is -1.36. The van der Waals surface area contributed by atoms with Gasteiger partial charge in [0.25, 0.3) is 0 Å². The Hall–Kier alpha value is -3.67. The molecule has 0 aliphatic heterocycles. The van der Waals surface area contributed by atoms with Crippen LogP contribution < -0.4 is 27.4 Å². The average Bonchev–Trinajstić information content (AvgIpc) is 2.79. The Morgan fingerprint density at radius 1 is 0.865 bits per heavy atom. The molecule has 12 heteroatoms. The number of hydrogen-bond acceptors (Lipinski definition) is 7. The molecule has 0 spiro atoms. The van der Waals surface area contributed by atoms with E-state index < -0.39 is 53.8 Å². The van der Waals surface area contributed by atoms with E-state index >= 15 is 0 Å². The normalized spacial score (nSPS) is 14.4. The zero-order valence-corrected chi connectivity index (χ0v) is 21.7. The highest BCUT2D eigenvalue weighted by atomic mass is 16.4. The van der Waals surface area contributed by atoms with E-state index in [1.807, 2.05) is 13.8 Å². The third-order valence-corrected chi connectivity index (χ3v) is 5.61. The van der Waals surface area contributed by atoms with Crippen LogP contribution in [0, 0.1) is 11.8 Å². The molecule has 0 aliphatic carbocycles. The highest BCUT2D eigenvalue weighted by molar-refractivity contribution is 5.94. The molecule has 0 radical (unpaired) electrons. The Labute approximate surface area is 216 Å². The van der Waals surface area contributed by atoms with Crippen molar-refractivity contribution < 1.29 is 34.2 Å². The van der Waals surface area contributed by atoms with Gasteiger partial charge in [-0.15, -0.1) is 0 Å². The van der Waals surface area contributed by atoms with Crippen LogP contribution in [0.15, 0.2) is 24.3 Å². The number of aliphatic carboxylic acids is 1. The molecule has 1 aromatic rings. The number of nitrogens with one attached hydrogen (secondary N) is 3. The highest BCUT2D eigenvalue weighted by Gasteiger charge is 2.32. The summed E-state index contributed by atoms with van der Waals surface area (Å²) in [5.74, 6) is -4.25. The van der Waals surface area contributed by atoms with Gasteiger partial charge in [0.1, 0.15) is 23.9 Å². The average molecular weight is 522 g/mol. The molecule has 1 aromatic carbocycles. The number of carbonyl (C=O) groups is 5. The van der Waals surface area contributed by atoms with Gasteiger partial charge in [-0.3, -0.25) is 19.2 Å². The van der Waals surface area contributed by atoms with Crippen LogP contribution >= 0.6 is 0 Å². The molecule has 0 fully saturated rings. The summed E-state index contributed by atoms with van der Waals surface area (Å²) in [6.45, 7) is 7.10. The molecule has 9 N–H and O–H groups in total. The maximum Gasteiger partial charge on any atom is 0.326 e. The first kappa shape index (κ1) is 31.4. The van der Waals surface area contributed by atoms with E-state index in [0.717, 1.165) is 5.56 Å². The number of benzene rings is 1. The van der Waals surface area contributed by atoms with E-state index in [1.54, 1.807) is 26.0 Å². The number of phenolic OH excluding ortho intramolecular Hbond substituents is 1. The summed E-state index contributed by atoms with van der Waals surface area (Å²) < 4.78 is 0. The van der Waals surface area contributed by atoms with Gasteiger partial charge >= 0.3 is 5.97 Å². The fourth-order valence-electron chi connectivity index (χ4n) is 3.55. The molecule has 0 saturated carbocycles. The molecule has 0 aliphatic rings. The lowest BCUT2D eigenvalue weighted by Crippen LogP contribution is -2.58. The minimum absolute atomic E-state index is 0.0317. The van der Waals surface area contributed by atoms with Crippen LogP contribution in [-0.4, -0.2) is 64.0 Å². The molecule has 0 heterocycles. The van der Waals surface area contributed by atoms with Crippen LogP contribution in [0.1, 0.15) is 52.5 Å². The zero-order chi connectivity index (χ0) is 28.3. The molecule has 0 bridgehead atoms. The van der Waals surface area contributed by atoms with Gasteiger partial charge in [0.15, 0.2) is 0 Å². The third-order valence-electron chi connectivity index (χ3n) is 5.61. The van der Waals surface area contributed by atoms with Gasteiger partial charge in [0, 0.05) is 6.42 Å². The van der Waals surface area contributed by atoms with Crippen molar-refractivity contribution in [1.29, 1.82) is 0 Å². The number of nitrogens with two attached hydrogens (primary N) is 2. The van der Waals surface area contributed by atoms with Gasteiger partial charge in [-0.2, -0.15) is 0 Å². The van der Waals surface area contributed by atoms with E-state index in [2.05, 4.69) is 16.0 Å². The molecule has 4 unspecified atom stereocenters. The summed E-state index contributed by atoms with van der Waals surface area (Å²) in [7, 11) is 0. The van der Waals surface area contributed by atoms with Crippen LogP contribution in [0.3, 0.4) is 0 Å². The maximum absolute atomic E-state index is 13.1. The van der Waals surface area contributed by atoms with E-state index in [-0.39, 0.29) is 43.3 Å². The van der Waals surface area contributed by atoms with Crippen molar-refractivity contribution in [2.45, 2.75) is 77.5 Å². The first-order valence-electron chi connectivity index (χ1n) is 12.2. The summed E-state index contributed by atoms with van der Waals surface area (Å²) >= 11 is 0. The standard InChI is InChI=1S/C25H39N5O7/c1-13(2)11-19(23(34)28-18(25(36)37)9-10-20(27)32)29-24(35)21(14(3)4)30-22(33)17(26)12-15-5-7-16(31)8-6-15/h5-8,13-14,17-19,21,31H,9-12,26H2,1-4H3,(H2,27,32)(H,28,34)(H,29,35)(H,30,33)(H,36,37). The predicted octanol–water partition coefficient (Wildman–Crippen LogP) is -0.231. The lowest BCUT2D eigenvalue weighted by Gasteiger charge is -2.27. The summed E-state index contributed by atoms with van der Waals surface area (Å²) in [6, 6.07) is 1.83. The van der Waals surface area contributed by atoms with Crippen molar-refractivity contribution in [2.75, 3.05) is 0 Å². The predicted molar refractivity (Wildman–Crippen MR) is 136 cm³/mol. The van der Waals surface area contributed by atoms with Crippen molar-refractivity contribution in [3.05, 3.63) is 29.8 Å². The second-order valence-corrected chi connectivity index (χ2v) is 9.80. The van der Waals surface area contributed by atoms with Crippen LogP contribution in [-0.2, 0) is 30.4 Å². The van der Waals surface area contributed by atoms with Gasteiger partial charge in [-0.1, -0.05) is 39.8 Å². The first-order valence-corrected chi connectivity index (χ1v) is 12.2. The summed E-state index contributed by atoms with van der Waals surface area (Å²) in [5.41, 5.74) is 11.8. The van der Waals surface area contributed by atoms with Crippen molar-refractivity contribution >= 4 is 29.6 Å². The smallest absolute Gasteiger partial charge is 0.326 e. The number of carboxylic acid groups (broad SMARTS) is 1. The highest BCUT2D eigenvalue weighted by Crippen LogP contribution is 2.12. The number of phenols is 1. The second kappa shape index (κ2) is 14.8. The monoisotopic (exact) mass is 521 g/mol. The Morgan fingerprint density at radius 2 is 1.43 bits per heavy atom. The van der Waals surface area contributed by atoms with E-state index in [9.17, 15) is 34.2 Å². The Kier molecular flexibility index (Phi) is 12.5. The van der Waals surface area contributed by atoms with Gasteiger partial charge in [0.2, 0.25) is 23.6 Å². The van der Waals surface area contributed by atoms with Crippen LogP contribution in [0.5, 0.6) is 5.75 Å². The fraction of sp³-hybridized carbons (Fsp3) is 0.560. The van der Waals surface area contributed by atoms with Crippen molar-refractivity contribution in [3.8, 4) is 5.75 Å². The number of rotatable bonds is 15. The summed E-state index contributed by atoms with van der Waals surface area (Å²) in [4.78, 5) is 61.3. The first-order chi connectivity index (χ1) is 17.2. The minimum Gasteiger partial charge on any atom is -0.508 e. The number of amides is 4. The molecule has 4 atom stereocenters. The lowest BCUT2D eigenvalue weighted by molar-refractivity contribution is -0.142. The van der Waals surface area contributed by atoms with Gasteiger partial charge < -0.3 is 37.6 Å². The zero-order valence-electron chi connectivity index (χ0n) is 21.7. The number of primary amides is 1. The van der Waals surface area contributed by atoms with Gasteiger partial charge in [-0.05, 0) is 48.8 Å². The van der Waals surface area contributed by atoms with Crippen LogP contribution in [0.2, 0.25) is 0 Å². The number of aromatic hydroxyl groups is 1. The number of hydrogen-bond donors (Lipinski definition) is 7. The lowest BCUT2D eigenvalue weighted by atomic mass is 9.98. The Morgan fingerprint density at radius 3 is 1.92 bits per heavy atom. The largest absolute Gasteiger partial charge is 0.508 e. The number of carboxylic acids is 1. The third kappa shape index (κ3) is 11.3. The van der Waals surface area contributed by atoms with Crippen LogP contribution in [0.4, 0.5) is 0 Å². The van der Waals surface area contributed by atoms with Crippen LogP contribution in [0.25, 0.3) is 0 Å². The van der Waals surface area contributed by atoms with Crippen molar-refractivity contribution in [2.24, 2.45) is 23.3 Å². The van der Waals surface area contributed by atoms with Crippen molar-refractivity contribution in [1.82, 2.24) is 16.0 Å². The van der Waals surface area contributed by atoms with Gasteiger partial charge in [0.05, 0.1) is 6.04 Å². The second-order valence-electron chi connectivity index (χ2n) is 9.80. The van der Waals surface area contributed by atoms with Crippen molar-refractivity contribution in [3.63, 3.8) is 0 Å². The molecule has 0 aromatic heterocycles. The SMILES string of the molecule is CC(C)CC(NC(=O)C(NC(=O)C(N)Cc1ccc(O)cc1)C(C)C)C(=O)NC(CCC(N)=O)C(=O)O. The topological polar surface area (TPSA) is 214 Å². The molecular formula is C25H39N5O7. The molecule has 206 valence electrons. The van der Waals surface area contributed by atoms with E-state index in [4.69, 9.17) is 11.5 Å². The van der Waals surface area contributed by atoms with Gasteiger partial charge in [-0.25, -0.2) is 4.79 Å². The van der Waals surface area contributed by atoms with E-state index in [1.165, 1.54) is 12.1 Å². The molecule has 4 amide bonds. The quantitative estimate of drug-likeness (QED) is 0.163. The molecular weight excluding hydrogens is 482 g/mol. The molecule has 12 nitrogen and oxygen atoms in total. The fourth-order valence-corrected chi connectivity index (χ4v) is 3.55. The maximum atomic E-state index is 13.1.